The molecule has 0 spiro atoms. The summed E-state index contributed by atoms with van der Waals surface area (Å²) in [6.07, 6.45) is 4.29. The highest BCUT2D eigenvalue weighted by Gasteiger charge is 2.39. The molecule has 3 heterocycles. The number of nitrogens with zero attached hydrogens (tertiary/aromatic N) is 1. The number of pyridine rings is 1. The lowest BCUT2D eigenvalue weighted by Gasteiger charge is -2.38. The van der Waals surface area contributed by atoms with E-state index in [2.05, 4.69) is 5.32 Å². The Labute approximate surface area is 175 Å². The van der Waals surface area contributed by atoms with Crippen LogP contribution in [0, 0.1) is 5.92 Å². The van der Waals surface area contributed by atoms with Crippen LogP contribution in [-0.2, 0) is 11.2 Å². The van der Waals surface area contributed by atoms with Crippen LogP contribution in [-0.4, -0.2) is 45.6 Å². The van der Waals surface area contributed by atoms with Crippen molar-refractivity contribution in [1.29, 1.82) is 0 Å². The van der Waals surface area contributed by atoms with Crippen molar-refractivity contribution in [3.63, 3.8) is 0 Å². The summed E-state index contributed by atoms with van der Waals surface area (Å²) in [5.41, 5.74) is 0.332. The fourth-order valence-corrected chi connectivity index (χ4v) is 4.80. The number of ether oxygens (including phenoxy) is 1. The van der Waals surface area contributed by atoms with Crippen LogP contribution in [0.25, 0.3) is 5.52 Å². The van der Waals surface area contributed by atoms with Crippen LogP contribution in [0.15, 0.2) is 24.4 Å². The number of alkyl halides is 1. The summed E-state index contributed by atoms with van der Waals surface area (Å²) in [5.74, 6) is 0.461. The molecule has 0 radical (unpaired) electrons. The average Bonchev–Trinajstić information content (AvgIpc) is 3.32. The van der Waals surface area contributed by atoms with Crippen molar-refractivity contribution in [3.05, 3.63) is 40.7 Å². The molecule has 2 aliphatic rings. The summed E-state index contributed by atoms with van der Waals surface area (Å²) < 4.78 is 21.6. The van der Waals surface area contributed by atoms with E-state index in [1.165, 1.54) is 0 Å². The van der Waals surface area contributed by atoms with Crippen molar-refractivity contribution >= 4 is 17.1 Å². The third-order valence-corrected chi connectivity index (χ3v) is 6.82. The maximum absolute atomic E-state index is 14.1. The van der Waals surface area contributed by atoms with Gasteiger partial charge in [0.1, 0.15) is 11.9 Å². The molecule has 2 atom stereocenters. The Morgan fingerprint density at radius 2 is 2.14 bits per heavy atom. The average molecular weight is 425 g/mol. The zero-order chi connectivity index (χ0) is 20.6. The van der Waals surface area contributed by atoms with Gasteiger partial charge in [-0.3, -0.25) is 5.32 Å². The van der Waals surface area contributed by atoms with Gasteiger partial charge in [-0.2, -0.15) is 0 Å². The normalized spacial score (nSPS) is 31.4. The van der Waals surface area contributed by atoms with Gasteiger partial charge in [-0.05, 0) is 69.6 Å². The van der Waals surface area contributed by atoms with Gasteiger partial charge >= 0.3 is 0 Å². The molecule has 1 saturated carbocycles. The number of aliphatic hydroxyl groups is 2. The quantitative estimate of drug-likeness (QED) is 0.617. The minimum Gasteiger partial charge on any atom is -0.389 e. The lowest BCUT2D eigenvalue weighted by atomic mass is 9.78. The summed E-state index contributed by atoms with van der Waals surface area (Å²) in [6, 6.07) is 5.69. The minimum absolute atomic E-state index is 0.206. The molecular formula is C22H30ClFN2O3. The molecule has 0 amide bonds. The van der Waals surface area contributed by atoms with Crippen molar-refractivity contribution in [2.75, 3.05) is 19.8 Å². The van der Waals surface area contributed by atoms with Crippen LogP contribution in [0.5, 0.6) is 0 Å². The maximum Gasteiger partial charge on any atom is 0.133 e. The maximum atomic E-state index is 14.1. The van der Waals surface area contributed by atoms with Crippen LogP contribution in [0.4, 0.5) is 4.39 Å². The zero-order valence-electron chi connectivity index (χ0n) is 16.8. The molecule has 5 nitrogen and oxygen atoms in total. The van der Waals surface area contributed by atoms with Crippen molar-refractivity contribution in [2.45, 2.75) is 62.9 Å². The number of aromatic nitrogens is 1. The van der Waals surface area contributed by atoms with Crippen molar-refractivity contribution in [1.82, 2.24) is 9.72 Å². The SMILES string of the molecule is CC1(F)CCC(O)(CNC(O)c2cc(C[C@H]3CCOC3)n3cccc(Cl)c23)CC1. The molecule has 4 rings (SSSR count). The van der Waals surface area contributed by atoms with Gasteiger partial charge in [-0.1, -0.05) is 11.6 Å². The van der Waals surface area contributed by atoms with Gasteiger partial charge in [-0.15, -0.1) is 0 Å². The highest BCUT2D eigenvalue weighted by Crippen LogP contribution is 2.37. The Morgan fingerprint density at radius 1 is 1.38 bits per heavy atom. The van der Waals surface area contributed by atoms with Crippen LogP contribution in [0.1, 0.15) is 56.5 Å². The highest BCUT2D eigenvalue weighted by atomic mass is 35.5. The molecule has 1 aliphatic carbocycles. The first-order chi connectivity index (χ1) is 13.8. The molecule has 1 saturated heterocycles. The Balaban J connectivity index is 1.52. The highest BCUT2D eigenvalue weighted by molar-refractivity contribution is 6.34. The van der Waals surface area contributed by atoms with Crippen LogP contribution in [0.2, 0.25) is 5.02 Å². The van der Waals surface area contributed by atoms with E-state index >= 15 is 0 Å². The molecule has 0 bridgehead atoms. The van der Waals surface area contributed by atoms with Crippen molar-refractivity contribution < 1.29 is 19.3 Å². The Bertz CT molecular complexity index is 853. The predicted octanol–water partition coefficient (Wildman–Crippen LogP) is 3.79. The second-order valence-electron chi connectivity index (χ2n) is 9.02. The van der Waals surface area contributed by atoms with Gasteiger partial charge in [0.25, 0.3) is 0 Å². The molecule has 7 heteroatoms. The molecule has 3 N–H and O–H groups in total. The monoisotopic (exact) mass is 424 g/mol. The predicted molar refractivity (Wildman–Crippen MR) is 111 cm³/mol. The molecule has 160 valence electrons. The van der Waals surface area contributed by atoms with Gasteiger partial charge in [0.05, 0.1) is 16.1 Å². The summed E-state index contributed by atoms with van der Waals surface area (Å²) in [4.78, 5) is 0. The number of hydrogen-bond acceptors (Lipinski definition) is 4. The second-order valence-corrected chi connectivity index (χ2v) is 9.43. The largest absolute Gasteiger partial charge is 0.389 e. The summed E-state index contributed by atoms with van der Waals surface area (Å²) in [6.45, 7) is 3.34. The first-order valence-electron chi connectivity index (χ1n) is 10.5. The molecule has 29 heavy (non-hydrogen) atoms. The van der Waals surface area contributed by atoms with E-state index in [9.17, 15) is 14.6 Å². The molecule has 0 aromatic carbocycles. The lowest BCUT2D eigenvalue weighted by molar-refractivity contribution is -0.0468. The molecule has 1 aliphatic heterocycles. The topological polar surface area (TPSA) is 66.1 Å². The van der Waals surface area contributed by atoms with E-state index in [0.29, 0.717) is 42.2 Å². The van der Waals surface area contributed by atoms with Crippen molar-refractivity contribution in [3.8, 4) is 0 Å². The third-order valence-electron chi connectivity index (χ3n) is 6.51. The summed E-state index contributed by atoms with van der Waals surface area (Å²) in [5, 5.41) is 25.3. The molecule has 2 aromatic rings. The first kappa shape index (κ1) is 21.1. The molecule has 2 aromatic heterocycles. The number of nitrogens with one attached hydrogen (secondary N) is 1. The summed E-state index contributed by atoms with van der Waals surface area (Å²) in [7, 11) is 0. The van der Waals surface area contributed by atoms with E-state index in [1.54, 1.807) is 6.92 Å². The Hall–Kier alpha value is -1.18. The first-order valence-corrected chi connectivity index (χ1v) is 10.8. The second kappa shape index (κ2) is 8.16. The van der Waals surface area contributed by atoms with Gasteiger partial charge in [0.2, 0.25) is 0 Å². The Morgan fingerprint density at radius 3 is 2.83 bits per heavy atom. The van der Waals surface area contributed by atoms with E-state index < -0.39 is 17.5 Å². The molecule has 1 unspecified atom stereocenters. The van der Waals surface area contributed by atoms with Crippen LogP contribution < -0.4 is 5.32 Å². The number of hydrogen-bond donors (Lipinski definition) is 3. The number of aliphatic hydroxyl groups excluding tert-OH is 1. The van der Waals surface area contributed by atoms with Gasteiger partial charge in [0, 0.05) is 37.2 Å². The zero-order valence-corrected chi connectivity index (χ0v) is 17.6. The lowest BCUT2D eigenvalue weighted by Crippen LogP contribution is -2.47. The summed E-state index contributed by atoms with van der Waals surface area (Å²) >= 11 is 6.47. The minimum atomic E-state index is -1.21. The number of halogens is 2. The fourth-order valence-electron chi connectivity index (χ4n) is 4.53. The number of fused-ring (bicyclic) bond motifs is 1. The third kappa shape index (κ3) is 4.62. The number of rotatable bonds is 6. The smallest absolute Gasteiger partial charge is 0.133 e. The fraction of sp³-hybridized carbons (Fsp3) is 0.636. The standard InChI is InChI=1S/C22H30ClFN2O3/c1-21(24)5-7-22(28,8-6-21)14-25-20(27)17-12-16(11-15-4-10-29-13-15)26-9-2-3-18(23)19(17)26/h2-3,9,12,15,20,25,27-28H,4-8,10-11,13-14H2,1H3/t15-,20?,21?,22?/m1/s1. The van der Waals surface area contributed by atoms with E-state index in [4.69, 9.17) is 16.3 Å². The Kier molecular flexibility index (Phi) is 5.93. The molecule has 2 fully saturated rings. The van der Waals surface area contributed by atoms with Gasteiger partial charge < -0.3 is 19.4 Å². The van der Waals surface area contributed by atoms with E-state index in [1.807, 2.05) is 28.8 Å². The van der Waals surface area contributed by atoms with Crippen LogP contribution >= 0.6 is 11.6 Å². The molecular weight excluding hydrogens is 395 g/mol. The van der Waals surface area contributed by atoms with Gasteiger partial charge in [0.15, 0.2) is 0 Å². The van der Waals surface area contributed by atoms with Crippen molar-refractivity contribution in [2.24, 2.45) is 5.92 Å². The van der Waals surface area contributed by atoms with E-state index in [-0.39, 0.29) is 6.54 Å². The van der Waals surface area contributed by atoms with E-state index in [0.717, 1.165) is 37.3 Å². The van der Waals surface area contributed by atoms with Gasteiger partial charge in [-0.25, -0.2) is 4.39 Å². The van der Waals surface area contributed by atoms with Crippen LogP contribution in [0.3, 0.4) is 0 Å².